The molecule has 0 bridgehead atoms. The third-order valence-electron chi connectivity index (χ3n) is 4.65. The lowest BCUT2D eigenvalue weighted by Crippen LogP contribution is -2.16. The van der Waals surface area contributed by atoms with E-state index in [0.29, 0.717) is 0 Å². The summed E-state index contributed by atoms with van der Waals surface area (Å²) < 4.78 is 0. The van der Waals surface area contributed by atoms with E-state index in [1.165, 1.54) is 43.5 Å². The molecule has 0 amide bonds. The molecule has 1 saturated heterocycles. The van der Waals surface area contributed by atoms with Gasteiger partial charge in [-0.05, 0) is 86.3 Å². The molecular formula is C17H27N. The van der Waals surface area contributed by atoms with Crippen LogP contribution in [0, 0.1) is 33.6 Å². The molecule has 1 nitrogen and oxygen atoms in total. The molecule has 1 N–H and O–H groups in total. The highest BCUT2D eigenvalue weighted by atomic mass is 15.0. The van der Waals surface area contributed by atoms with Crippen molar-refractivity contribution < 1.29 is 0 Å². The average Bonchev–Trinajstić information content (AvgIpc) is 3.21. The van der Waals surface area contributed by atoms with E-state index >= 15 is 0 Å². The number of fused-ring (bicyclic) bond motifs is 1. The minimum Gasteiger partial charge on any atom is -0.314 e. The highest BCUT2D eigenvalue weighted by Crippen LogP contribution is 2.33. The summed E-state index contributed by atoms with van der Waals surface area (Å²) in [5, 5.41) is 3.00. The third-order valence-corrected chi connectivity index (χ3v) is 4.65. The summed E-state index contributed by atoms with van der Waals surface area (Å²) in [6.45, 7) is 14.0. The first kappa shape index (κ1) is 13.6. The summed E-state index contributed by atoms with van der Waals surface area (Å²) in [6.07, 6.45) is 3.96. The Morgan fingerprint density at radius 2 is 1.33 bits per heavy atom. The van der Waals surface area contributed by atoms with Crippen LogP contribution in [0.2, 0.25) is 0 Å². The Morgan fingerprint density at radius 3 is 1.83 bits per heavy atom. The van der Waals surface area contributed by atoms with Gasteiger partial charge >= 0.3 is 0 Å². The minimum absolute atomic E-state index is 0.873. The molecule has 0 saturated carbocycles. The topological polar surface area (TPSA) is 21.9 Å². The van der Waals surface area contributed by atoms with E-state index in [4.69, 9.17) is 0 Å². The van der Waals surface area contributed by atoms with E-state index < -0.39 is 0 Å². The molecule has 100 valence electrons. The highest BCUT2D eigenvalue weighted by molar-refractivity contribution is 5.51. The Kier molecular flexibility index (Phi) is 4.11. The van der Waals surface area contributed by atoms with Crippen LogP contribution in [0.25, 0.3) is 0 Å². The van der Waals surface area contributed by atoms with Gasteiger partial charge in [-0.3, -0.25) is 0 Å². The molecule has 18 heavy (non-hydrogen) atoms. The maximum Gasteiger partial charge on any atom is 0.00772 e. The SMILES string of the molecule is C1CN1.Cc1c(C)c(C)c2c(c1C)CCC(C)C2. The molecule has 1 aliphatic carbocycles. The number of hydrogen-bond acceptors (Lipinski definition) is 1. The lowest BCUT2D eigenvalue weighted by molar-refractivity contribution is 0.497. The molecule has 0 radical (unpaired) electrons. The van der Waals surface area contributed by atoms with E-state index in [1.54, 1.807) is 22.3 Å². The number of nitrogens with one attached hydrogen (secondary N) is 1. The lowest BCUT2D eigenvalue weighted by Gasteiger charge is -2.27. The summed E-state index contributed by atoms with van der Waals surface area (Å²) in [5.41, 5.74) is 9.46. The fourth-order valence-electron chi connectivity index (χ4n) is 2.92. The van der Waals surface area contributed by atoms with Crippen LogP contribution in [0.5, 0.6) is 0 Å². The van der Waals surface area contributed by atoms with Gasteiger partial charge in [-0.25, -0.2) is 0 Å². The van der Waals surface area contributed by atoms with Gasteiger partial charge in [0.05, 0.1) is 0 Å². The summed E-state index contributed by atoms with van der Waals surface area (Å²) in [5.74, 6) is 0.873. The number of rotatable bonds is 0. The Morgan fingerprint density at radius 1 is 0.833 bits per heavy atom. The van der Waals surface area contributed by atoms with Gasteiger partial charge in [0, 0.05) is 13.1 Å². The van der Waals surface area contributed by atoms with Crippen molar-refractivity contribution in [1.29, 1.82) is 0 Å². The second-order valence-corrected chi connectivity index (χ2v) is 6.06. The zero-order chi connectivity index (χ0) is 13.3. The van der Waals surface area contributed by atoms with Crippen molar-refractivity contribution in [3.8, 4) is 0 Å². The molecule has 2 aliphatic rings. The molecule has 0 aromatic heterocycles. The number of hydrogen-bond donors (Lipinski definition) is 1. The van der Waals surface area contributed by atoms with E-state index in [0.717, 1.165) is 5.92 Å². The summed E-state index contributed by atoms with van der Waals surface area (Å²) in [6, 6.07) is 0. The largest absolute Gasteiger partial charge is 0.314 e. The lowest BCUT2D eigenvalue weighted by atomic mass is 9.78. The molecule has 1 aliphatic heterocycles. The third kappa shape index (κ3) is 2.77. The van der Waals surface area contributed by atoms with Crippen LogP contribution >= 0.6 is 0 Å². The molecule has 3 rings (SSSR count). The van der Waals surface area contributed by atoms with Crippen LogP contribution in [-0.2, 0) is 12.8 Å². The summed E-state index contributed by atoms with van der Waals surface area (Å²) in [7, 11) is 0. The maximum atomic E-state index is 3.00. The molecular weight excluding hydrogens is 218 g/mol. The van der Waals surface area contributed by atoms with Crippen molar-refractivity contribution in [3.05, 3.63) is 33.4 Å². The van der Waals surface area contributed by atoms with Crippen molar-refractivity contribution in [2.45, 2.75) is 53.9 Å². The zero-order valence-electron chi connectivity index (χ0n) is 12.6. The molecule has 1 heterocycles. The zero-order valence-corrected chi connectivity index (χ0v) is 12.6. The Bertz CT molecular complexity index is 441. The Balaban J connectivity index is 0.000000350. The van der Waals surface area contributed by atoms with Crippen molar-refractivity contribution in [1.82, 2.24) is 5.32 Å². The molecule has 1 heteroatoms. The fourth-order valence-corrected chi connectivity index (χ4v) is 2.92. The normalized spacial score (nSPS) is 20.8. The van der Waals surface area contributed by atoms with E-state index in [2.05, 4.69) is 39.9 Å². The van der Waals surface area contributed by atoms with Gasteiger partial charge in [-0.2, -0.15) is 0 Å². The molecule has 1 atom stereocenters. The standard InChI is InChI=1S/C15H22.C2H5N/c1-9-6-7-14-12(4)10(2)11(3)13(5)15(14)8-9;1-2-3-1/h9H,6-8H2,1-5H3;3H,1-2H2. The first-order chi connectivity index (χ1) is 8.52. The smallest absolute Gasteiger partial charge is 0.00772 e. The summed E-state index contributed by atoms with van der Waals surface area (Å²) >= 11 is 0. The maximum absolute atomic E-state index is 3.00. The van der Waals surface area contributed by atoms with Gasteiger partial charge in [-0.15, -0.1) is 0 Å². The van der Waals surface area contributed by atoms with E-state index in [1.807, 2.05) is 0 Å². The van der Waals surface area contributed by atoms with Gasteiger partial charge in [0.2, 0.25) is 0 Å². The molecule has 1 unspecified atom stereocenters. The van der Waals surface area contributed by atoms with Gasteiger partial charge in [0.1, 0.15) is 0 Å². The van der Waals surface area contributed by atoms with Crippen LogP contribution in [0.3, 0.4) is 0 Å². The van der Waals surface area contributed by atoms with Crippen molar-refractivity contribution in [3.63, 3.8) is 0 Å². The predicted molar refractivity (Wildman–Crippen MR) is 79.4 cm³/mol. The van der Waals surface area contributed by atoms with Crippen LogP contribution in [0.1, 0.15) is 46.7 Å². The molecule has 1 fully saturated rings. The van der Waals surface area contributed by atoms with Gasteiger partial charge < -0.3 is 5.32 Å². The fraction of sp³-hybridized carbons (Fsp3) is 0.647. The number of benzene rings is 1. The van der Waals surface area contributed by atoms with E-state index in [9.17, 15) is 0 Å². The van der Waals surface area contributed by atoms with Crippen LogP contribution in [0.4, 0.5) is 0 Å². The minimum atomic E-state index is 0.873. The van der Waals surface area contributed by atoms with Crippen molar-refractivity contribution >= 4 is 0 Å². The molecule has 1 aromatic carbocycles. The Labute approximate surface area is 112 Å². The van der Waals surface area contributed by atoms with Crippen LogP contribution in [-0.4, -0.2) is 13.1 Å². The molecule has 0 spiro atoms. The van der Waals surface area contributed by atoms with Gasteiger partial charge in [0.15, 0.2) is 0 Å². The highest BCUT2D eigenvalue weighted by Gasteiger charge is 2.21. The quantitative estimate of drug-likeness (QED) is 0.693. The van der Waals surface area contributed by atoms with Crippen molar-refractivity contribution in [2.24, 2.45) is 5.92 Å². The first-order valence-electron chi connectivity index (χ1n) is 7.31. The molecule has 1 aromatic rings. The summed E-state index contributed by atoms with van der Waals surface area (Å²) in [4.78, 5) is 0. The second-order valence-electron chi connectivity index (χ2n) is 6.06. The predicted octanol–water partition coefficient (Wildman–Crippen LogP) is 3.63. The second kappa shape index (κ2) is 5.44. The van der Waals surface area contributed by atoms with Gasteiger partial charge in [0.25, 0.3) is 0 Å². The Hall–Kier alpha value is -0.820. The van der Waals surface area contributed by atoms with Gasteiger partial charge in [-0.1, -0.05) is 6.92 Å². The monoisotopic (exact) mass is 245 g/mol. The van der Waals surface area contributed by atoms with Crippen LogP contribution < -0.4 is 5.32 Å². The van der Waals surface area contributed by atoms with Crippen LogP contribution in [0.15, 0.2) is 0 Å². The van der Waals surface area contributed by atoms with Crippen molar-refractivity contribution in [2.75, 3.05) is 13.1 Å². The first-order valence-corrected chi connectivity index (χ1v) is 7.31. The van der Waals surface area contributed by atoms with E-state index in [-0.39, 0.29) is 0 Å². The average molecular weight is 245 g/mol.